The van der Waals surface area contributed by atoms with Crippen LogP contribution in [0.1, 0.15) is 26.7 Å². The van der Waals surface area contributed by atoms with Crippen molar-refractivity contribution in [2.24, 2.45) is 0 Å². The molecular weight excluding hydrogens is 228 g/mol. The molecule has 4 heteroatoms. The van der Waals surface area contributed by atoms with Gasteiger partial charge in [-0.1, -0.05) is 24.9 Å². The molecule has 0 aromatic heterocycles. The second-order valence-electron chi connectivity index (χ2n) is 3.39. The second-order valence-corrected chi connectivity index (χ2v) is 3.80. The highest BCUT2D eigenvalue weighted by molar-refractivity contribution is 6.32. The molecule has 0 saturated heterocycles. The van der Waals surface area contributed by atoms with Crippen LogP contribution in [0.15, 0.2) is 18.2 Å². The van der Waals surface area contributed by atoms with Crippen molar-refractivity contribution in [2.75, 3.05) is 6.61 Å². The molecule has 1 aromatic rings. The SMILES string of the molecule is CCCCOc1ccc(OC(C)=O)cc1Cl. The maximum atomic E-state index is 10.7. The van der Waals surface area contributed by atoms with Gasteiger partial charge in [0.1, 0.15) is 11.5 Å². The third-order valence-electron chi connectivity index (χ3n) is 1.92. The van der Waals surface area contributed by atoms with Crippen LogP contribution in [0.3, 0.4) is 0 Å². The summed E-state index contributed by atoms with van der Waals surface area (Å²) in [7, 11) is 0. The molecule has 88 valence electrons. The minimum Gasteiger partial charge on any atom is -0.492 e. The van der Waals surface area contributed by atoms with Gasteiger partial charge >= 0.3 is 5.97 Å². The number of benzene rings is 1. The fourth-order valence-corrected chi connectivity index (χ4v) is 1.38. The number of carbonyl (C=O) groups is 1. The molecule has 1 aromatic carbocycles. The lowest BCUT2D eigenvalue weighted by atomic mass is 10.3. The van der Waals surface area contributed by atoms with E-state index in [0.29, 0.717) is 23.1 Å². The van der Waals surface area contributed by atoms with Gasteiger partial charge in [0.25, 0.3) is 0 Å². The lowest BCUT2D eigenvalue weighted by Crippen LogP contribution is -2.02. The van der Waals surface area contributed by atoms with Crippen LogP contribution in [-0.4, -0.2) is 12.6 Å². The molecule has 0 radical (unpaired) electrons. The molecule has 0 amide bonds. The first-order chi connectivity index (χ1) is 7.63. The Morgan fingerprint density at radius 1 is 1.44 bits per heavy atom. The zero-order chi connectivity index (χ0) is 12.0. The van der Waals surface area contributed by atoms with Crippen LogP contribution >= 0.6 is 11.6 Å². The molecule has 0 aliphatic rings. The summed E-state index contributed by atoms with van der Waals surface area (Å²) in [5, 5.41) is 0.454. The lowest BCUT2D eigenvalue weighted by molar-refractivity contribution is -0.131. The maximum absolute atomic E-state index is 10.7. The zero-order valence-electron chi connectivity index (χ0n) is 9.46. The second kappa shape index (κ2) is 6.38. The molecule has 0 saturated carbocycles. The van der Waals surface area contributed by atoms with Crippen molar-refractivity contribution >= 4 is 17.6 Å². The summed E-state index contributed by atoms with van der Waals surface area (Å²) in [6.07, 6.45) is 2.06. The minimum atomic E-state index is -0.365. The van der Waals surface area contributed by atoms with E-state index in [0.717, 1.165) is 12.8 Å². The molecule has 0 aliphatic heterocycles. The van der Waals surface area contributed by atoms with E-state index >= 15 is 0 Å². The van der Waals surface area contributed by atoms with Crippen LogP contribution in [0.2, 0.25) is 5.02 Å². The highest BCUT2D eigenvalue weighted by atomic mass is 35.5. The molecule has 0 spiro atoms. The molecular formula is C12H15ClO3. The van der Waals surface area contributed by atoms with E-state index < -0.39 is 0 Å². The Labute approximate surface area is 100 Å². The van der Waals surface area contributed by atoms with Gasteiger partial charge in [-0.25, -0.2) is 0 Å². The van der Waals surface area contributed by atoms with Gasteiger partial charge < -0.3 is 9.47 Å². The quantitative estimate of drug-likeness (QED) is 0.451. The number of esters is 1. The Hall–Kier alpha value is -1.22. The molecule has 0 fully saturated rings. The standard InChI is InChI=1S/C12H15ClO3/c1-3-4-7-15-12-6-5-10(8-11(12)13)16-9(2)14/h5-6,8H,3-4,7H2,1-2H3. The Kier molecular flexibility index (Phi) is 5.12. The molecule has 0 N–H and O–H groups in total. The van der Waals surface area contributed by atoms with Crippen molar-refractivity contribution in [3.63, 3.8) is 0 Å². The normalized spacial score (nSPS) is 9.94. The number of ether oxygens (including phenoxy) is 2. The van der Waals surface area contributed by atoms with Crippen LogP contribution in [0.5, 0.6) is 11.5 Å². The van der Waals surface area contributed by atoms with Gasteiger partial charge in [0.05, 0.1) is 11.6 Å². The predicted molar refractivity (Wildman–Crippen MR) is 63.2 cm³/mol. The van der Waals surface area contributed by atoms with Crippen LogP contribution < -0.4 is 9.47 Å². The molecule has 0 aliphatic carbocycles. The summed E-state index contributed by atoms with van der Waals surface area (Å²) in [6, 6.07) is 4.94. The molecule has 0 atom stereocenters. The van der Waals surface area contributed by atoms with E-state index in [1.54, 1.807) is 18.2 Å². The van der Waals surface area contributed by atoms with Crippen molar-refractivity contribution in [2.45, 2.75) is 26.7 Å². The van der Waals surface area contributed by atoms with Crippen LogP contribution in [0.4, 0.5) is 0 Å². The van der Waals surface area contributed by atoms with Crippen molar-refractivity contribution in [3.8, 4) is 11.5 Å². The van der Waals surface area contributed by atoms with Gasteiger partial charge in [0.15, 0.2) is 0 Å². The Morgan fingerprint density at radius 2 is 2.19 bits per heavy atom. The number of hydrogen-bond acceptors (Lipinski definition) is 3. The predicted octanol–water partition coefficient (Wildman–Crippen LogP) is 3.44. The van der Waals surface area contributed by atoms with Crippen molar-refractivity contribution in [1.82, 2.24) is 0 Å². The Balaban J connectivity index is 2.64. The van der Waals surface area contributed by atoms with Crippen molar-refractivity contribution in [3.05, 3.63) is 23.2 Å². The van der Waals surface area contributed by atoms with Gasteiger partial charge in [-0.15, -0.1) is 0 Å². The summed E-state index contributed by atoms with van der Waals surface area (Å²) >= 11 is 5.98. The van der Waals surface area contributed by atoms with Crippen molar-refractivity contribution < 1.29 is 14.3 Å². The topological polar surface area (TPSA) is 35.5 Å². The molecule has 0 unspecified atom stereocenters. The summed E-state index contributed by atoms with van der Waals surface area (Å²) in [6.45, 7) is 4.08. The number of halogens is 1. The average Bonchev–Trinajstić information content (AvgIpc) is 2.20. The van der Waals surface area contributed by atoms with E-state index in [1.807, 2.05) is 0 Å². The van der Waals surface area contributed by atoms with Gasteiger partial charge in [0, 0.05) is 13.0 Å². The van der Waals surface area contributed by atoms with E-state index in [-0.39, 0.29) is 5.97 Å². The third kappa shape index (κ3) is 4.11. The van der Waals surface area contributed by atoms with Crippen LogP contribution in [0.25, 0.3) is 0 Å². The molecule has 16 heavy (non-hydrogen) atoms. The van der Waals surface area contributed by atoms with Gasteiger partial charge in [-0.3, -0.25) is 4.79 Å². The Morgan fingerprint density at radius 3 is 2.75 bits per heavy atom. The molecule has 1 rings (SSSR count). The van der Waals surface area contributed by atoms with Gasteiger partial charge in [-0.2, -0.15) is 0 Å². The summed E-state index contributed by atoms with van der Waals surface area (Å²) in [5.74, 6) is 0.682. The largest absolute Gasteiger partial charge is 0.492 e. The fraction of sp³-hybridized carbons (Fsp3) is 0.417. The molecule has 3 nitrogen and oxygen atoms in total. The maximum Gasteiger partial charge on any atom is 0.308 e. The van der Waals surface area contributed by atoms with Gasteiger partial charge in [0.2, 0.25) is 0 Å². The van der Waals surface area contributed by atoms with E-state index in [2.05, 4.69) is 6.92 Å². The monoisotopic (exact) mass is 242 g/mol. The van der Waals surface area contributed by atoms with Crippen molar-refractivity contribution in [1.29, 1.82) is 0 Å². The van der Waals surface area contributed by atoms with Crippen LogP contribution in [-0.2, 0) is 4.79 Å². The summed E-state index contributed by atoms with van der Waals surface area (Å²) in [4.78, 5) is 10.7. The number of rotatable bonds is 5. The Bertz CT molecular complexity index is 363. The van der Waals surface area contributed by atoms with Gasteiger partial charge in [-0.05, 0) is 18.6 Å². The molecule has 0 heterocycles. The van der Waals surface area contributed by atoms with Crippen LogP contribution in [0, 0.1) is 0 Å². The van der Waals surface area contributed by atoms with E-state index in [1.165, 1.54) is 6.92 Å². The molecule has 0 bridgehead atoms. The first kappa shape index (κ1) is 12.8. The number of carbonyl (C=O) groups excluding carboxylic acids is 1. The minimum absolute atomic E-state index is 0.365. The highest BCUT2D eigenvalue weighted by Gasteiger charge is 2.05. The first-order valence-electron chi connectivity index (χ1n) is 5.24. The summed E-state index contributed by atoms with van der Waals surface area (Å²) in [5.41, 5.74) is 0. The summed E-state index contributed by atoms with van der Waals surface area (Å²) < 4.78 is 10.4. The zero-order valence-corrected chi connectivity index (χ0v) is 10.2. The van der Waals surface area contributed by atoms with E-state index in [4.69, 9.17) is 21.1 Å². The number of unbranched alkanes of at least 4 members (excludes halogenated alkanes) is 1. The smallest absolute Gasteiger partial charge is 0.308 e. The fourth-order valence-electron chi connectivity index (χ4n) is 1.15. The number of hydrogen-bond donors (Lipinski definition) is 0. The first-order valence-corrected chi connectivity index (χ1v) is 5.62. The third-order valence-corrected chi connectivity index (χ3v) is 2.22. The highest BCUT2D eigenvalue weighted by Crippen LogP contribution is 2.29. The van der Waals surface area contributed by atoms with E-state index in [9.17, 15) is 4.79 Å². The average molecular weight is 243 g/mol. The lowest BCUT2D eigenvalue weighted by Gasteiger charge is -2.08.